The highest BCUT2D eigenvalue weighted by Crippen LogP contribution is 2.38. The Kier molecular flexibility index (Phi) is 7.00. The quantitative estimate of drug-likeness (QED) is 0.631. The summed E-state index contributed by atoms with van der Waals surface area (Å²) in [4.78, 5) is 13.2. The van der Waals surface area contributed by atoms with Crippen LogP contribution in [0.2, 0.25) is 0 Å². The van der Waals surface area contributed by atoms with Crippen LogP contribution in [0.25, 0.3) is 0 Å². The lowest BCUT2D eigenvalue weighted by atomic mass is 9.73. The summed E-state index contributed by atoms with van der Waals surface area (Å²) in [5.41, 5.74) is 1.09. The number of hydrogen-bond donors (Lipinski definition) is 1. The molecule has 4 nitrogen and oxygen atoms in total. The third kappa shape index (κ3) is 5.15. The molecule has 0 aliphatic carbocycles. The van der Waals surface area contributed by atoms with Crippen LogP contribution in [0.1, 0.15) is 52.5 Å². The van der Waals surface area contributed by atoms with Crippen LogP contribution in [0.4, 0.5) is 4.79 Å². The molecule has 1 aromatic rings. The highest BCUT2D eigenvalue weighted by molar-refractivity contribution is 9.10. The van der Waals surface area contributed by atoms with E-state index in [2.05, 4.69) is 50.5 Å². The maximum atomic E-state index is 11.6. The zero-order valence-corrected chi connectivity index (χ0v) is 18.2. The number of ether oxygens (including phenoxy) is 1. The Bertz CT molecular complexity index is 626. The van der Waals surface area contributed by atoms with E-state index in [4.69, 9.17) is 4.74 Å². The number of piperidine rings is 1. The molecule has 3 atom stereocenters. The molecule has 0 bridgehead atoms. The predicted octanol–water partition coefficient (Wildman–Crippen LogP) is 5.97. The van der Waals surface area contributed by atoms with Crippen molar-refractivity contribution >= 4 is 22.0 Å². The average molecular weight is 426 g/mol. The molecule has 1 fully saturated rings. The Hall–Kier alpha value is -1.23. The molecule has 5 heteroatoms. The van der Waals surface area contributed by atoms with Crippen molar-refractivity contribution in [1.82, 2.24) is 4.90 Å². The number of nitrogens with zero attached hydrogens (tertiary/aromatic N) is 1. The molecule has 1 aliphatic rings. The lowest BCUT2D eigenvalue weighted by Gasteiger charge is -2.46. The number of hydrogen-bond acceptors (Lipinski definition) is 2. The van der Waals surface area contributed by atoms with Crippen LogP contribution in [0, 0.1) is 24.2 Å². The second-order valence-corrected chi connectivity index (χ2v) is 9.47. The lowest BCUT2D eigenvalue weighted by Crippen LogP contribution is -2.52. The van der Waals surface area contributed by atoms with Crippen molar-refractivity contribution in [1.29, 1.82) is 0 Å². The van der Waals surface area contributed by atoms with Crippen molar-refractivity contribution in [3.8, 4) is 5.75 Å². The Labute approximate surface area is 166 Å². The number of likely N-dealkylation sites (tertiary alicyclic amines) is 1. The number of benzene rings is 1. The number of amides is 1. The summed E-state index contributed by atoms with van der Waals surface area (Å²) in [7, 11) is 0. The van der Waals surface area contributed by atoms with E-state index < -0.39 is 6.09 Å². The van der Waals surface area contributed by atoms with Gasteiger partial charge in [-0.15, -0.1) is 0 Å². The molecule has 2 rings (SSSR count). The SMILES string of the molecule is Cc1c(Br)cccc1OCC[C@H](C)C1CCN(C(=O)O)C(C(C)(C)C)C1. The summed E-state index contributed by atoms with van der Waals surface area (Å²) in [5.74, 6) is 1.99. The van der Waals surface area contributed by atoms with Gasteiger partial charge in [0, 0.05) is 22.6 Å². The molecule has 0 saturated carbocycles. The van der Waals surface area contributed by atoms with Crippen molar-refractivity contribution in [2.24, 2.45) is 17.3 Å². The van der Waals surface area contributed by atoms with E-state index in [1.165, 1.54) is 0 Å². The molecular formula is C21H32BrNO3. The molecule has 1 heterocycles. The summed E-state index contributed by atoms with van der Waals surface area (Å²) in [6.07, 6.45) is 2.08. The van der Waals surface area contributed by atoms with Crippen molar-refractivity contribution in [2.45, 2.75) is 59.9 Å². The Morgan fingerprint density at radius 1 is 1.42 bits per heavy atom. The number of carbonyl (C=O) groups is 1. The van der Waals surface area contributed by atoms with Gasteiger partial charge in [0.05, 0.1) is 6.61 Å². The van der Waals surface area contributed by atoms with E-state index in [1.54, 1.807) is 4.90 Å². The van der Waals surface area contributed by atoms with Crippen molar-refractivity contribution in [2.75, 3.05) is 13.2 Å². The monoisotopic (exact) mass is 425 g/mol. The van der Waals surface area contributed by atoms with Gasteiger partial charge in [-0.1, -0.05) is 49.7 Å². The van der Waals surface area contributed by atoms with Crippen LogP contribution < -0.4 is 4.74 Å². The summed E-state index contributed by atoms with van der Waals surface area (Å²) >= 11 is 3.54. The van der Waals surface area contributed by atoms with E-state index in [-0.39, 0.29) is 11.5 Å². The smallest absolute Gasteiger partial charge is 0.407 e. The first kappa shape index (κ1) is 21.1. The van der Waals surface area contributed by atoms with Gasteiger partial charge in [-0.05, 0) is 55.6 Å². The van der Waals surface area contributed by atoms with Crippen LogP contribution >= 0.6 is 15.9 Å². The van der Waals surface area contributed by atoms with Gasteiger partial charge in [-0.25, -0.2) is 4.79 Å². The Morgan fingerprint density at radius 3 is 2.73 bits per heavy atom. The number of carboxylic acid groups (broad SMARTS) is 1. The predicted molar refractivity (Wildman–Crippen MR) is 109 cm³/mol. The van der Waals surface area contributed by atoms with Gasteiger partial charge in [0.2, 0.25) is 0 Å². The molecule has 2 unspecified atom stereocenters. The minimum atomic E-state index is -0.788. The van der Waals surface area contributed by atoms with Crippen LogP contribution in [0.15, 0.2) is 22.7 Å². The lowest BCUT2D eigenvalue weighted by molar-refractivity contribution is 0.0271. The van der Waals surface area contributed by atoms with Crippen LogP contribution in [-0.4, -0.2) is 35.3 Å². The molecule has 1 N–H and O–H groups in total. The van der Waals surface area contributed by atoms with Gasteiger partial charge < -0.3 is 14.7 Å². The molecule has 26 heavy (non-hydrogen) atoms. The highest BCUT2D eigenvalue weighted by Gasteiger charge is 2.39. The topological polar surface area (TPSA) is 49.8 Å². The van der Waals surface area contributed by atoms with Gasteiger partial charge in [0.25, 0.3) is 0 Å². The fourth-order valence-electron chi connectivity index (χ4n) is 3.89. The molecule has 146 valence electrons. The zero-order chi connectivity index (χ0) is 19.5. The second-order valence-electron chi connectivity index (χ2n) is 8.62. The molecule has 0 spiro atoms. The van der Waals surface area contributed by atoms with Crippen LogP contribution in [-0.2, 0) is 0 Å². The minimum Gasteiger partial charge on any atom is -0.493 e. The zero-order valence-electron chi connectivity index (χ0n) is 16.6. The summed E-state index contributed by atoms with van der Waals surface area (Å²) in [6, 6.07) is 6.10. The van der Waals surface area contributed by atoms with Crippen LogP contribution in [0.5, 0.6) is 5.75 Å². The van der Waals surface area contributed by atoms with Crippen LogP contribution in [0.3, 0.4) is 0 Å². The van der Waals surface area contributed by atoms with Gasteiger partial charge in [-0.2, -0.15) is 0 Å². The molecule has 0 aromatic heterocycles. The molecular weight excluding hydrogens is 394 g/mol. The molecule has 1 saturated heterocycles. The fourth-order valence-corrected chi connectivity index (χ4v) is 4.24. The Balaban J connectivity index is 1.92. The largest absolute Gasteiger partial charge is 0.493 e. The molecule has 1 aromatic carbocycles. The third-order valence-electron chi connectivity index (χ3n) is 5.74. The summed E-state index contributed by atoms with van der Waals surface area (Å²) in [6.45, 7) is 12.1. The van der Waals surface area contributed by atoms with Gasteiger partial charge in [0.15, 0.2) is 0 Å². The number of halogens is 1. The van der Waals surface area contributed by atoms with Gasteiger partial charge in [-0.3, -0.25) is 0 Å². The van der Waals surface area contributed by atoms with E-state index in [1.807, 2.05) is 18.2 Å². The average Bonchev–Trinajstić information content (AvgIpc) is 2.57. The van der Waals surface area contributed by atoms with E-state index in [9.17, 15) is 9.90 Å². The van der Waals surface area contributed by atoms with E-state index in [0.29, 0.717) is 25.0 Å². The van der Waals surface area contributed by atoms with Crippen molar-refractivity contribution in [3.63, 3.8) is 0 Å². The standard InChI is InChI=1S/C21H32BrNO3/c1-14(10-12-26-18-8-6-7-17(22)15(18)2)16-9-11-23(20(24)25)19(13-16)21(3,4)5/h6-8,14,16,19H,9-13H2,1-5H3,(H,24,25)/t14-,16?,19?/m0/s1. The van der Waals surface area contributed by atoms with Gasteiger partial charge >= 0.3 is 6.09 Å². The first-order valence-electron chi connectivity index (χ1n) is 9.48. The number of rotatable bonds is 5. The maximum absolute atomic E-state index is 11.6. The minimum absolute atomic E-state index is 0.0410. The molecule has 1 amide bonds. The maximum Gasteiger partial charge on any atom is 0.407 e. The first-order chi connectivity index (χ1) is 12.1. The summed E-state index contributed by atoms with van der Waals surface area (Å²) in [5, 5.41) is 9.51. The second kappa shape index (κ2) is 8.64. The van der Waals surface area contributed by atoms with E-state index >= 15 is 0 Å². The first-order valence-corrected chi connectivity index (χ1v) is 10.3. The normalized spacial score (nSPS) is 22.2. The van der Waals surface area contributed by atoms with E-state index in [0.717, 1.165) is 35.0 Å². The summed E-state index contributed by atoms with van der Waals surface area (Å²) < 4.78 is 7.06. The van der Waals surface area contributed by atoms with Gasteiger partial charge in [0.1, 0.15) is 5.75 Å². The highest BCUT2D eigenvalue weighted by atomic mass is 79.9. The molecule has 0 radical (unpaired) electrons. The van der Waals surface area contributed by atoms with Crippen molar-refractivity contribution < 1.29 is 14.6 Å². The fraction of sp³-hybridized carbons (Fsp3) is 0.667. The van der Waals surface area contributed by atoms with Crippen molar-refractivity contribution in [3.05, 3.63) is 28.2 Å². The molecule has 1 aliphatic heterocycles. The third-order valence-corrected chi connectivity index (χ3v) is 6.60. The Morgan fingerprint density at radius 2 is 2.12 bits per heavy atom.